The second-order valence-corrected chi connectivity index (χ2v) is 3.90. The molecule has 16 heavy (non-hydrogen) atoms. The first kappa shape index (κ1) is 13.0. The first-order chi connectivity index (χ1) is 7.74. The number of rotatable bonds is 7. The Morgan fingerprint density at radius 2 is 1.94 bits per heavy atom. The van der Waals surface area contributed by atoms with Crippen molar-refractivity contribution in [3.05, 3.63) is 29.6 Å². The van der Waals surface area contributed by atoms with E-state index < -0.39 is 0 Å². The highest BCUT2D eigenvalue weighted by atomic mass is 19.1. The number of unbranched alkanes of at least 4 members (excludes halogenated alkanes) is 3. The van der Waals surface area contributed by atoms with Gasteiger partial charge in [-0.1, -0.05) is 6.42 Å². The maximum Gasteiger partial charge on any atom is 0.123 e. The van der Waals surface area contributed by atoms with Gasteiger partial charge in [0.2, 0.25) is 0 Å². The van der Waals surface area contributed by atoms with Gasteiger partial charge in [0.05, 0.1) is 6.61 Å². The molecule has 0 aliphatic carbocycles. The van der Waals surface area contributed by atoms with Crippen molar-refractivity contribution < 1.29 is 14.2 Å². The molecule has 1 N–H and O–H groups in total. The molecule has 0 amide bonds. The van der Waals surface area contributed by atoms with Crippen molar-refractivity contribution in [1.29, 1.82) is 0 Å². The lowest BCUT2D eigenvalue weighted by Gasteiger charge is -2.08. The highest BCUT2D eigenvalue weighted by molar-refractivity contribution is 5.32. The number of aryl methyl sites for hydroxylation is 1. The van der Waals surface area contributed by atoms with Crippen molar-refractivity contribution in [3.63, 3.8) is 0 Å². The summed E-state index contributed by atoms with van der Waals surface area (Å²) in [4.78, 5) is 0. The Hall–Kier alpha value is -1.09. The maximum absolute atomic E-state index is 12.8. The van der Waals surface area contributed by atoms with E-state index in [0.29, 0.717) is 6.61 Å². The van der Waals surface area contributed by atoms with E-state index in [2.05, 4.69) is 0 Å². The number of aliphatic hydroxyl groups excluding tert-OH is 1. The Morgan fingerprint density at radius 3 is 2.62 bits per heavy atom. The van der Waals surface area contributed by atoms with Gasteiger partial charge in [0, 0.05) is 6.61 Å². The standard InChI is InChI=1S/C13H19FO2/c1-11-10-12(14)6-7-13(11)16-9-5-3-2-4-8-15/h6-7,10,15H,2-5,8-9H2,1H3. The molecule has 0 radical (unpaired) electrons. The average molecular weight is 226 g/mol. The minimum atomic E-state index is -0.229. The Bertz CT molecular complexity index is 313. The zero-order chi connectivity index (χ0) is 11.8. The summed E-state index contributed by atoms with van der Waals surface area (Å²) in [6.45, 7) is 2.75. The van der Waals surface area contributed by atoms with Gasteiger partial charge >= 0.3 is 0 Å². The first-order valence-corrected chi connectivity index (χ1v) is 5.74. The van der Waals surface area contributed by atoms with Crippen LogP contribution in [0.25, 0.3) is 0 Å². The molecule has 0 bridgehead atoms. The van der Waals surface area contributed by atoms with Crippen LogP contribution in [-0.2, 0) is 0 Å². The third kappa shape index (κ3) is 4.62. The molecule has 0 spiro atoms. The van der Waals surface area contributed by atoms with E-state index in [4.69, 9.17) is 9.84 Å². The van der Waals surface area contributed by atoms with Crippen molar-refractivity contribution in [2.24, 2.45) is 0 Å². The molecular formula is C13H19FO2. The van der Waals surface area contributed by atoms with Crippen LogP contribution in [0, 0.1) is 12.7 Å². The smallest absolute Gasteiger partial charge is 0.123 e. The van der Waals surface area contributed by atoms with E-state index in [1.165, 1.54) is 12.1 Å². The van der Waals surface area contributed by atoms with Gasteiger partial charge in [-0.3, -0.25) is 0 Å². The van der Waals surface area contributed by atoms with E-state index >= 15 is 0 Å². The molecule has 0 aliphatic heterocycles. The third-order valence-electron chi connectivity index (χ3n) is 2.45. The molecule has 0 aliphatic rings. The first-order valence-electron chi connectivity index (χ1n) is 5.74. The second kappa shape index (κ2) is 7.23. The van der Waals surface area contributed by atoms with Crippen molar-refractivity contribution in [1.82, 2.24) is 0 Å². The fourth-order valence-electron chi connectivity index (χ4n) is 1.52. The molecule has 0 atom stereocenters. The van der Waals surface area contributed by atoms with Gasteiger partial charge in [0.15, 0.2) is 0 Å². The largest absolute Gasteiger partial charge is 0.493 e. The normalized spacial score (nSPS) is 10.4. The van der Waals surface area contributed by atoms with Crippen LogP contribution in [0.3, 0.4) is 0 Å². The van der Waals surface area contributed by atoms with E-state index in [-0.39, 0.29) is 12.4 Å². The van der Waals surface area contributed by atoms with Crippen molar-refractivity contribution in [3.8, 4) is 5.75 Å². The zero-order valence-corrected chi connectivity index (χ0v) is 9.71. The van der Waals surface area contributed by atoms with Crippen LogP contribution in [0.5, 0.6) is 5.75 Å². The van der Waals surface area contributed by atoms with Crippen LogP contribution in [0.4, 0.5) is 4.39 Å². The number of hydrogen-bond acceptors (Lipinski definition) is 2. The Kier molecular flexibility index (Phi) is 5.86. The van der Waals surface area contributed by atoms with Crippen LogP contribution in [-0.4, -0.2) is 18.3 Å². The van der Waals surface area contributed by atoms with Crippen LogP contribution >= 0.6 is 0 Å². The Balaban J connectivity index is 2.21. The topological polar surface area (TPSA) is 29.5 Å². The van der Waals surface area contributed by atoms with Crippen LogP contribution < -0.4 is 4.74 Å². The van der Waals surface area contributed by atoms with Gasteiger partial charge in [0.25, 0.3) is 0 Å². The summed E-state index contributed by atoms with van der Waals surface area (Å²) in [7, 11) is 0. The molecular weight excluding hydrogens is 207 g/mol. The van der Waals surface area contributed by atoms with Gasteiger partial charge < -0.3 is 9.84 Å². The second-order valence-electron chi connectivity index (χ2n) is 3.90. The summed E-state index contributed by atoms with van der Waals surface area (Å²) in [5.41, 5.74) is 0.829. The van der Waals surface area contributed by atoms with Gasteiger partial charge in [-0.05, 0) is 49.9 Å². The van der Waals surface area contributed by atoms with Crippen molar-refractivity contribution in [2.75, 3.05) is 13.2 Å². The van der Waals surface area contributed by atoms with Gasteiger partial charge in [-0.2, -0.15) is 0 Å². The fraction of sp³-hybridized carbons (Fsp3) is 0.538. The molecule has 1 rings (SSSR count). The Morgan fingerprint density at radius 1 is 1.19 bits per heavy atom. The zero-order valence-electron chi connectivity index (χ0n) is 9.71. The van der Waals surface area contributed by atoms with E-state index in [0.717, 1.165) is 37.0 Å². The number of hydrogen-bond donors (Lipinski definition) is 1. The molecule has 0 aromatic heterocycles. The van der Waals surface area contributed by atoms with Gasteiger partial charge in [-0.25, -0.2) is 4.39 Å². The molecule has 0 fully saturated rings. The fourth-order valence-corrected chi connectivity index (χ4v) is 1.52. The average Bonchev–Trinajstić information content (AvgIpc) is 2.26. The molecule has 0 saturated carbocycles. The third-order valence-corrected chi connectivity index (χ3v) is 2.45. The summed E-state index contributed by atoms with van der Waals surface area (Å²) < 4.78 is 18.3. The quantitative estimate of drug-likeness (QED) is 0.724. The van der Waals surface area contributed by atoms with Crippen LogP contribution in [0.15, 0.2) is 18.2 Å². The minimum absolute atomic E-state index is 0.229. The molecule has 90 valence electrons. The molecule has 0 unspecified atom stereocenters. The summed E-state index contributed by atoms with van der Waals surface area (Å²) in [5.74, 6) is 0.524. The van der Waals surface area contributed by atoms with E-state index in [1.54, 1.807) is 6.07 Å². The van der Waals surface area contributed by atoms with Gasteiger partial charge in [-0.15, -0.1) is 0 Å². The SMILES string of the molecule is Cc1cc(F)ccc1OCCCCCCO. The number of benzene rings is 1. The van der Waals surface area contributed by atoms with Crippen molar-refractivity contribution in [2.45, 2.75) is 32.6 Å². The molecule has 3 heteroatoms. The number of aliphatic hydroxyl groups is 1. The van der Waals surface area contributed by atoms with Crippen LogP contribution in [0.2, 0.25) is 0 Å². The minimum Gasteiger partial charge on any atom is -0.493 e. The summed E-state index contributed by atoms with van der Waals surface area (Å²) in [6.07, 6.45) is 3.91. The van der Waals surface area contributed by atoms with E-state index in [1.807, 2.05) is 6.92 Å². The molecule has 1 aromatic carbocycles. The number of halogens is 1. The summed E-state index contributed by atoms with van der Waals surface area (Å²) >= 11 is 0. The lowest BCUT2D eigenvalue weighted by atomic mass is 10.2. The monoisotopic (exact) mass is 226 g/mol. The molecule has 1 aromatic rings. The highest BCUT2D eigenvalue weighted by Gasteiger charge is 2.00. The van der Waals surface area contributed by atoms with Crippen LogP contribution in [0.1, 0.15) is 31.2 Å². The molecule has 2 nitrogen and oxygen atoms in total. The van der Waals surface area contributed by atoms with E-state index in [9.17, 15) is 4.39 Å². The molecule has 0 saturated heterocycles. The van der Waals surface area contributed by atoms with Gasteiger partial charge in [0.1, 0.15) is 11.6 Å². The predicted octanol–water partition coefficient (Wildman–Crippen LogP) is 3.07. The lowest BCUT2D eigenvalue weighted by molar-refractivity contribution is 0.273. The summed E-state index contributed by atoms with van der Waals surface area (Å²) in [6, 6.07) is 4.55. The summed E-state index contributed by atoms with van der Waals surface area (Å²) in [5, 5.41) is 8.60. The Labute approximate surface area is 96.1 Å². The lowest BCUT2D eigenvalue weighted by Crippen LogP contribution is -1.99. The highest BCUT2D eigenvalue weighted by Crippen LogP contribution is 2.18. The van der Waals surface area contributed by atoms with Crippen molar-refractivity contribution >= 4 is 0 Å². The number of ether oxygens (including phenoxy) is 1. The molecule has 0 heterocycles. The predicted molar refractivity (Wildman–Crippen MR) is 62.2 cm³/mol. The maximum atomic E-state index is 12.8.